The van der Waals surface area contributed by atoms with E-state index in [4.69, 9.17) is 4.42 Å². The van der Waals surface area contributed by atoms with Crippen LogP contribution in [0.15, 0.2) is 47.2 Å². The second-order valence-corrected chi connectivity index (χ2v) is 7.55. The van der Waals surface area contributed by atoms with E-state index in [0.29, 0.717) is 0 Å². The van der Waals surface area contributed by atoms with Crippen molar-refractivity contribution < 1.29 is 14.0 Å². The van der Waals surface area contributed by atoms with Gasteiger partial charge in [-0.05, 0) is 43.0 Å². The lowest BCUT2D eigenvalue weighted by Crippen LogP contribution is -2.53. The topological polar surface area (TPSA) is 87.5 Å². The van der Waals surface area contributed by atoms with E-state index in [0.717, 1.165) is 38.2 Å². The van der Waals surface area contributed by atoms with Crippen molar-refractivity contribution in [2.45, 2.75) is 45.3 Å². The largest absolute Gasteiger partial charge is 0.459 e. The molecule has 3 heterocycles. The molecule has 2 N–H and O–H groups in total. The predicted molar refractivity (Wildman–Crippen MR) is 105 cm³/mol. The summed E-state index contributed by atoms with van der Waals surface area (Å²) in [5, 5.41) is 5.90. The Labute approximate surface area is 165 Å². The van der Waals surface area contributed by atoms with Crippen LogP contribution in [0.1, 0.15) is 42.9 Å². The van der Waals surface area contributed by atoms with Crippen molar-refractivity contribution in [1.82, 2.24) is 20.5 Å². The van der Waals surface area contributed by atoms with Gasteiger partial charge in [0.1, 0.15) is 6.04 Å². The number of piperidine rings is 1. The van der Waals surface area contributed by atoms with E-state index in [1.165, 1.54) is 6.26 Å². The summed E-state index contributed by atoms with van der Waals surface area (Å²) in [6.45, 7) is 6.48. The van der Waals surface area contributed by atoms with Gasteiger partial charge in [-0.25, -0.2) is 0 Å². The van der Waals surface area contributed by atoms with Crippen LogP contribution in [-0.4, -0.2) is 46.9 Å². The van der Waals surface area contributed by atoms with Crippen LogP contribution in [0.2, 0.25) is 0 Å². The van der Waals surface area contributed by atoms with E-state index in [-0.39, 0.29) is 29.5 Å². The van der Waals surface area contributed by atoms with Crippen LogP contribution in [0.3, 0.4) is 0 Å². The summed E-state index contributed by atoms with van der Waals surface area (Å²) < 4.78 is 5.11. The lowest BCUT2D eigenvalue weighted by Gasteiger charge is -2.33. The Kier molecular flexibility index (Phi) is 6.81. The Morgan fingerprint density at radius 3 is 2.61 bits per heavy atom. The van der Waals surface area contributed by atoms with Gasteiger partial charge in [0.15, 0.2) is 5.76 Å². The molecule has 1 fully saturated rings. The number of hydrogen-bond donors (Lipinski definition) is 2. The summed E-state index contributed by atoms with van der Waals surface area (Å²) in [5.41, 5.74) is 1.06. The summed E-state index contributed by atoms with van der Waals surface area (Å²) in [5.74, 6) is -0.327. The van der Waals surface area contributed by atoms with Crippen LogP contribution in [0.25, 0.3) is 0 Å². The number of furan rings is 1. The first kappa shape index (κ1) is 20.1. The fourth-order valence-electron chi connectivity index (χ4n) is 3.40. The molecule has 1 saturated heterocycles. The van der Waals surface area contributed by atoms with Gasteiger partial charge >= 0.3 is 0 Å². The third-order valence-corrected chi connectivity index (χ3v) is 5.03. The molecule has 0 radical (unpaired) electrons. The van der Waals surface area contributed by atoms with E-state index in [1.54, 1.807) is 12.1 Å². The van der Waals surface area contributed by atoms with Crippen LogP contribution in [0.4, 0.5) is 0 Å². The summed E-state index contributed by atoms with van der Waals surface area (Å²) in [6.07, 6.45) is 5.02. The molecule has 0 aliphatic carbocycles. The minimum atomic E-state index is -0.593. The van der Waals surface area contributed by atoms with Gasteiger partial charge in [0.25, 0.3) is 5.91 Å². The molecule has 2 amide bonds. The molecule has 1 aliphatic heterocycles. The first-order valence-electron chi connectivity index (χ1n) is 9.80. The minimum absolute atomic E-state index is 0.0249. The second kappa shape index (κ2) is 9.50. The highest BCUT2D eigenvalue weighted by Gasteiger charge is 2.28. The van der Waals surface area contributed by atoms with Crippen molar-refractivity contribution >= 4 is 11.8 Å². The first-order chi connectivity index (χ1) is 13.5. The van der Waals surface area contributed by atoms with Gasteiger partial charge in [-0.15, -0.1) is 0 Å². The standard InChI is InChI=1S/C21H28N4O3/c1-15(2)19(24-20(26)18-7-5-13-28-18)21(27)23-16-8-11-25(12-9-16)14-17-6-3-4-10-22-17/h3-7,10,13,15-16,19H,8-9,11-12,14H2,1-2H3,(H,23,27)(H,24,26). The fourth-order valence-corrected chi connectivity index (χ4v) is 3.40. The number of carbonyl (C=O) groups excluding carboxylic acids is 2. The van der Waals surface area contributed by atoms with E-state index in [9.17, 15) is 9.59 Å². The van der Waals surface area contributed by atoms with Crippen LogP contribution < -0.4 is 10.6 Å². The number of pyridine rings is 1. The van der Waals surface area contributed by atoms with Gasteiger partial charge in [0.05, 0.1) is 12.0 Å². The third kappa shape index (κ3) is 5.42. The maximum Gasteiger partial charge on any atom is 0.287 e. The van der Waals surface area contributed by atoms with Crippen molar-refractivity contribution in [3.63, 3.8) is 0 Å². The van der Waals surface area contributed by atoms with E-state index < -0.39 is 6.04 Å². The van der Waals surface area contributed by atoms with E-state index in [1.807, 2.05) is 38.2 Å². The van der Waals surface area contributed by atoms with Crippen LogP contribution in [0.5, 0.6) is 0 Å². The number of likely N-dealkylation sites (tertiary alicyclic amines) is 1. The number of hydrogen-bond acceptors (Lipinski definition) is 5. The first-order valence-corrected chi connectivity index (χ1v) is 9.80. The molecule has 150 valence electrons. The highest BCUT2D eigenvalue weighted by atomic mass is 16.3. The second-order valence-electron chi connectivity index (χ2n) is 7.55. The van der Waals surface area contributed by atoms with Crippen LogP contribution >= 0.6 is 0 Å². The molecule has 1 atom stereocenters. The van der Waals surface area contributed by atoms with Gasteiger partial charge in [-0.1, -0.05) is 19.9 Å². The maximum absolute atomic E-state index is 12.8. The molecule has 0 aromatic carbocycles. The molecule has 0 saturated carbocycles. The quantitative estimate of drug-likeness (QED) is 0.764. The fraction of sp³-hybridized carbons (Fsp3) is 0.476. The zero-order valence-electron chi connectivity index (χ0n) is 16.4. The number of aromatic nitrogens is 1. The third-order valence-electron chi connectivity index (χ3n) is 5.03. The highest BCUT2D eigenvalue weighted by Crippen LogP contribution is 2.14. The molecule has 0 spiro atoms. The smallest absolute Gasteiger partial charge is 0.287 e. The Morgan fingerprint density at radius 1 is 1.21 bits per heavy atom. The van der Waals surface area contributed by atoms with Gasteiger partial charge in [0, 0.05) is 31.9 Å². The summed E-state index contributed by atoms with van der Waals surface area (Å²) in [6, 6.07) is 8.71. The van der Waals surface area contributed by atoms with Crippen molar-refractivity contribution in [3.8, 4) is 0 Å². The summed E-state index contributed by atoms with van der Waals surface area (Å²) in [7, 11) is 0. The van der Waals surface area contributed by atoms with Gasteiger partial charge in [0.2, 0.25) is 5.91 Å². The van der Waals surface area contributed by atoms with Crippen molar-refractivity contribution in [2.75, 3.05) is 13.1 Å². The lowest BCUT2D eigenvalue weighted by atomic mass is 10.0. The molecule has 1 unspecified atom stereocenters. The molecule has 2 aromatic heterocycles. The van der Waals surface area contributed by atoms with Crippen molar-refractivity contribution in [2.24, 2.45) is 5.92 Å². The van der Waals surface area contributed by atoms with Gasteiger partial charge in [-0.3, -0.25) is 19.5 Å². The van der Waals surface area contributed by atoms with Crippen LogP contribution in [0, 0.1) is 5.92 Å². The summed E-state index contributed by atoms with van der Waals surface area (Å²) in [4.78, 5) is 31.7. The Morgan fingerprint density at radius 2 is 2.00 bits per heavy atom. The minimum Gasteiger partial charge on any atom is -0.459 e. The number of nitrogens with one attached hydrogen (secondary N) is 2. The Balaban J connectivity index is 1.48. The molecule has 7 nitrogen and oxygen atoms in total. The molecule has 28 heavy (non-hydrogen) atoms. The van der Waals surface area contributed by atoms with Gasteiger partial charge < -0.3 is 15.1 Å². The SMILES string of the molecule is CC(C)C(NC(=O)c1ccco1)C(=O)NC1CCN(Cc2ccccn2)CC1. The van der Waals surface area contributed by atoms with Crippen molar-refractivity contribution in [3.05, 3.63) is 54.2 Å². The lowest BCUT2D eigenvalue weighted by molar-refractivity contribution is -0.125. The molecule has 2 aromatic rings. The molecular weight excluding hydrogens is 356 g/mol. The van der Waals surface area contributed by atoms with E-state index >= 15 is 0 Å². The zero-order chi connectivity index (χ0) is 19.9. The molecule has 3 rings (SSSR count). The normalized spacial score (nSPS) is 16.7. The van der Waals surface area contributed by atoms with Gasteiger partial charge in [-0.2, -0.15) is 0 Å². The Hall–Kier alpha value is -2.67. The van der Waals surface area contributed by atoms with E-state index in [2.05, 4.69) is 20.5 Å². The number of carbonyl (C=O) groups is 2. The van der Waals surface area contributed by atoms with Crippen LogP contribution in [-0.2, 0) is 11.3 Å². The average molecular weight is 384 g/mol. The number of amides is 2. The molecule has 7 heteroatoms. The monoisotopic (exact) mass is 384 g/mol. The molecule has 1 aliphatic rings. The average Bonchev–Trinajstić information content (AvgIpc) is 3.23. The zero-order valence-corrected chi connectivity index (χ0v) is 16.4. The number of rotatable bonds is 7. The number of nitrogens with zero attached hydrogens (tertiary/aromatic N) is 2. The molecular formula is C21H28N4O3. The van der Waals surface area contributed by atoms with Crippen molar-refractivity contribution in [1.29, 1.82) is 0 Å². The molecule has 0 bridgehead atoms. The Bertz CT molecular complexity index is 753. The predicted octanol–water partition coefficient (Wildman–Crippen LogP) is 2.21. The maximum atomic E-state index is 12.8. The summed E-state index contributed by atoms with van der Waals surface area (Å²) >= 11 is 0. The highest BCUT2D eigenvalue weighted by molar-refractivity contribution is 5.95.